The smallest absolute Gasteiger partial charge is 0.456 e. The van der Waals surface area contributed by atoms with Crippen molar-refractivity contribution in [3.8, 4) is 17.2 Å². The molecular formula is C24H17F5N2O4. The first kappa shape index (κ1) is 24.0. The molecule has 0 heterocycles. The minimum atomic E-state index is -4.87. The fourth-order valence-corrected chi connectivity index (χ4v) is 3.40. The maximum absolute atomic E-state index is 15.4. The van der Waals surface area contributed by atoms with Crippen LogP contribution in [0.1, 0.15) is 45.0 Å². The molecule has 0 radical (unpaired) electrons. The number of alkyl halides is 3. The Hall–Kier alpha value is -4.15. The highest BCUT2D eigenvalue weighted by Crippen LogP contribution is 2.44. The first-order chi connectivity index (χ1) is 16.5. The summed E-state index contributed by atoms with van der Waals surface area (Å²) >= 11 is 0. The number of rotatable bonds is 7. The van der Waals surface area contributed by atoms with Gasteiger partial charge in [-0.3, -0.25) is 9.59 Å². The summed E-state index contributed by atoms with van der Waals surface area (Å²) in [4.78, 5) is 24.4. The summed E-state index contributed by atoms with van der Waals surface area (Å²) in [6, 6.07) is 10.3. The number of hydrogen-bond acceptors (Lipinski definition) is 4. The molecule has 3 aromatic rings. The van der Waals surface area contributed by atoms with E-state index in [1.54, 1.807) is 0 Å². The largest absolute Gasteiger partial charge is 0.573 e. The molecule has 0 aromatic heterocycles. The van der Waals surface area contributed by atoms with Crippen molar-refractivity contribution in [3.63, 3.8) is 0 Å². The van der Waals surface area contributed by atoms with Crippen LogP contribution in [0.5, 0.6) is 17.2 Å². The van der Waals surface area contributed by atoms with E-state index in [0.717, 1.165) is 49.2 Å². The lowest BCUT2D eigenvalue weighted by atomic mass is 10.0. The van der Waals surface area contributed by atoms with Crippen LogP contribution in [0.25, 0.3) is 0 Å². The number of nitrogens with two attached hydrogens (primary N) is 1. The summed E-state index contributed by atoms with van der Waals surface area (Å²) < 4.78 is 75.6. The summed E-state index contributed by atoms with van der Waals surface area (Å²) in [5, 5.41) is 2.39. The van der Waals surface area contributed by atoms with Gasteiger partial charge in [0.2, 0.25) is 0 Å². The number of hydrogen-bond donors (Lipinski definition) is 2. The molecule has 1 saturated carbocycles. The van der Waals surface area contributed by atoms with E-state index in [1.165, 1.54) is 18.2 Å². The van der Waals surface area contributed by atoms with Crippen LogP contribution in [0.15, 0.2) is 54.6 Å². The molecule has 182 valence electrons. The van der Waals surface area contributed by atoms with Gasteiger partial charge < -0.3 is 20.5 Å². The molecule has 1 fully saturated rings. The first-order valence-electron chi connectivity index (χ1n) is 10.3. The summed E-state index contributed by atoms with van der Waals surface area (Å²) in [5.41, 5.74) is 4.49. The third kappa shape index (κ3) is 5.68. The van der Waals surface area contributed by atoms with Crippen molar-refractivity contribution in [2.45, 2.75) is 25.1 Å². The molecule has 0 bridgehead atoms. The Bertz CT molecular complexity index is 1290. The summed E-state index contributed by atoms with van der Waals surface area (Å²) in [7, 11) is 0. The molecule has 11 heteroatoms. The van der Waals surface area contributed by atoms with E-state index in [-0.39, 0.29) is 23.1 Å². The van der Waals surface area contributed by atoms with Crippen molar-refractivity contribution in [1.29, 1.82) is 0 Å². The van der Waals surface area contributed by atoms with Crippen LogP contribution in [0.4, 0.5) is 27.6 Å². The van der Waals surface area contributed by atoms with Gasteiger partial charge in [0, 0.05) is 5.69 Å². The van der Waals surface area contributed by atoms with Crippen LogP contribution in [0.2, 0.25) is 0 Å². The maximum atomic E-state index is 15.4. The van der Waals surface area contributed by atoms with Gasteiger partial charge in [0.15, 0.2) is 0 Å². The lowest BCUT2D eigenvalue weighted by molar-refractivity contribution is -0.274. The highest BCUT2D eigenvalue weighted by Gasteiger charge is 2.32. The number of primary amides is 1. The number of benzene rings is 3. The van der Waals surface area contributed by atoms with Crippen LogP contribution in [-0.2, 0) is 0 Å². The fourth-order valence-electron chi connectivity index (χ4n) is 3.40. The van der Waals surface area contributed by atoms with Crippen LogP contribution in [0.3, 0.4) is 0 Å². The van der Waals surface area contributed by atoms with Crippen molar-refractivity contribution in [2.24, 2.45) is 5.73 Å². The van der Waals surface area contributed by atoms with Crippen LogP contribution >= 0.6 is 0 Å². The number of anilines is 1. The first-order valence-corrected chi connectivity index (χ1v) is 10.3. The second-order valence-corrected chi connectivity index (χ2v) is 7.75. The van der Waals surface area contributed by atoms with Crippen molar-refractivity contribution < 1.29 is 41.0 Å². The minimum Gasteiger partial charge on any atom is -0.456 e. The van der Waals surface area contributed by atoms with E-state index in [9.17, 15) is 27.2 Å². The standard InChI is InChI=1S/C24H17F5N2O4/c25-18-9-3-13(11-17(18)22(30)32)31-23(33)20-19(10-8-16(21(20)26)12-1-2-12)34-14-4-6-15(7-5-14)35-24(27,28)29/h3-12H,1-2H2,(H2,30,32)(H,31,33). The zero-order valence-corrected chi connectivity index (χ0v) is 17.8. The SMILES string of the molecule is NC(=O)c1cc(NC(=O)c2c(Oc3ccc(OC(F)(F)F)cc3)ccc(C3CC3)c2F)ccc1F. The van der Waals surface area contributed by atoms with Gasteiger partial charge in [0.05, 0.1) is 5.56 Å². The van der Waals surface area contributed by atoms with Gasteiger partial charge in [-0.25, -0.2) is 8.78 Å². The highest BCUT2D eigenvalue weighted by atomic mass is 19.4. The number of halogens is 5. The Morgan fingerprint density at radius 2 is 1.60 bits per heavy atom. The molecule has 0 saturated heterocycles. The zero-order chi connectivity index (χ0) is 25.3. The number of ether oxygens (including phenoxy) is 2. The molecule has 4 rings (SSSR count). The van der Waals surface area contributed by atoms with Crippen molar-refractivity contribution in [3.05, 3.63) is 82.9 Å². The molecule has 3 N–H and O–H groups in total. The molecule has 6 nitrogen and oxygen atoms in total. The lowest BCUT2D eigenvalue weighted by Crippen LogP contribution is -2.18. The fraction of sp³-hybridized carbons (Fsp3) is 0.167. The molecule has 35 heavy (non-hydrogen) atoms. The van der Waals surface area contributed by atoms with E-state index in [2.05, 4.69) is 10.1 Å². The highest BCUT2D eigenvalue weighted by molar-refractivity contribution is 6.07. The Balaban J connectivity index is 1.64. The van der Waals surface area contributed by atoms with E-state index in [0.29, 0.717) is 5.56 Å². The second-order valence-electron chi connectivity index (χ2n) is 7.75. The Kier molecular flexibility index (Phi) is 6.33. The van der Waals surface area contributed by atoms with E-state index in [1.807, 2.05) is 0 Å². The number of nitrogens with one attached hydrogen (secondary N) is 1. The third-order valence-electron chi connectivity index (χ3n) is 5.15. The second kappa shape index (κ2) is 9.24. The van der Waals surface area contributed by atoms with Crippen molar-refractivity contribution >= 4 is 17.5 Å². The van der Waals surface area contributed by atoms with Gasteiger partial charge in [-0.05, 0) is 72.9 Å². The maximum Gasteiger partial charge on any atom is 0.573 e. The van der Waals surface area contributed by atoms with Gasteiger partial charge >= 0.3 is 6.36 Å². The summed E-state index contributed by atoms with van der Waals surface area (Å²) in [5.74, 6) is -4.44. The number of carbonyl (C=O) groups is 2. The van der Waals surface area contributed by atoms with E-state index < -0.39 is 46.7 Å². The molecule has 0 spiro atoms. The lowest BCUT2D eigenvalue weighted by Gasteiger charge is -2.15. The van der Waals surface area contributed by atoms with Crippen LogP contribution < -0.4 is 20.5 Å². The van der Waals surface area contributed by atoms with E-state index in [4.69, 9.17) is 10.5 Å². The Morgan fingerprint density at radius 3 is 2.20 bits per heavy atom. The van der Waals surface area contributed by atoms with Gasteiger partial charge in [-0.2, -0.15) is 0 Å². The van der Waals surface area contributed by atoms with Crippen molar-refractivity contribution in [2.75, 3.05) is 5.32 Å². The predicted molar refractivity (Wildman–Crippen MR) is 114 cm³/mol. The molecule has 0 unspecified atom stereocenters. The Morgan fingerprint density at radius 1 is 0.943 bits per heavy atom. The molecular weight excluding hydrogens is 475 g/mol. The number of carbonyl (C=O) groups excluding carboxylic acids is 2. The zero-order valence-electron chi connectivity index (χ0n) is 17.8. The molecule has 0 aliphatic heterocycles. The van der Waals surface area contributed by atoms with E-state index >= 15 is 4.39 Å². The Labute approximate surface area is 195 Å². The average molecular weight is 492 g/mol. The minimum absolute atomic E-state index is 0.0129. The third-order valence-corrected chi connectivity index (χ3v) is 5.15. The topological polar surface area (TPSA) is 90.7 Å². The van der Waals surface area contributed by atoms with Gasteiger partial charge in [-0.15, -0.1) is 13.2 Å². The molecule has 0 atom stereocenters. The van der Waals surface area contributed by atoms with Crippen LogP contribution in [-0.4, -0.2) is 18.2 Å². The normalized spacial score (nSPS) is 13.3. The summed E-state index contributed by atoms with van der Waals surface area (Å²) in [6.07, 6.45) is -3.37. The van der Waals surface area contributed by atoms with Crippen LogP contribution in [0, 0.1) is 11.6 Å². The predicted octanol–water partition coefficient (Wildman–Crippen LogP) is 5.88. The monoisotopic (exact) mass is 492 g/mol. The van der Waals surface area contributed by atoms with Gasteiger partial charge in [-0.1, -0.05) is 6.07 Å². The molecule has 1 aliphatic carbocycles. The quantitative estimate of drug-likeness (QED) is 0.403. The molecule has 2 amide bonds. The molecule has 3 aromatic carbocycles. The van der Waals surface area contributed by atoms with Gasteiger partial charge in [0.25, 0.3) is 11.8 Å². The number of amides is 2. The summed E-state index contributed by atoms with van der Waals surface area (Å²) in [6.45, 7) is 0. The molecule has 1 aliphatic rings. The van der Waals surface area contributed by atoms with Crippen molar-refractivity contribution in [1.82, 2.24) is 0 Å². The average Bonchev–Trinajstić information content (AvgIpc) is 3.60. The van der Waals surface area contributed by atoms with Gasteiger partial charge in [0.1, 0.15) is 34.4 Å².